The first-order valence-electron chi connectivity index (χ1n) is 0. The van der Waals surface area contributed by atoms with Crippen molar-refractivity contribution in [3.63, 3.8) is 0 Å². The maximum Gasteiger partial charge on any atom is 2.00 e. The van der Waals surface area contributed by atoms with Crippen LogP contribution in [0.2, 0.25) is 0 Å². The summed E-state index contributed by atoms with van der Waals surface area (Å²) in [6.45, 7) is 0. The minimum absolute atomic E-state index is 0. The molecule has 0 aromatic carbocycles. The number of hydrogen-bond acceptors (Lipinski definition) is 0. The van der Waals surface area contributed by atoms with Gasteiger partial charge < -0.3 is 8.56 Å². The molecule has 0 fully saturated rings. The minimum atomic E-state index is 0. The van der Waals surface area contributed by atoms with Crippen LogP contribution >= 0.6 is 0 Å². The van der Waals surface area contributed by atoms with Crippen LogP contribution in [0.1, 0.15) is 8.56 Å². The van der Waals surface area contributed by atoms with Gasteiger partial charge in [0.15, 0.2) is 0 Å². The normalized spacial score (nSPS) is 0. The molecule has 0 aliphatic heterocycles. The average Bonchev–Trinajstić information content (AvgIpc) is 0. The first-order valence-corrected chi connectivity index (χ1v) is 0. The van der Waals surface area contributed by atoms with Crippen molar-refractivity contribution in [2.75, 3.05) is 0 Å². The molecule has 0 saturated carbocycles. The molecule has 0 bridgehead atoms. The van der Waals surface area contributed by atoms with Crippen LogP contribution in [-0.4, -0.2) is 71.9 Å². The quantitative estimate of drug-likeness (QED) is 0.379. The molecule has 0 saturated heterocycles. The Morgan fingerprint density at radius 3 is 1.20 bits per heavy atom. The molecule has 0 heterocycles. The summed E-state index contributed by atoms with van der Waals surface area (Å²) >= 11 is 0. The monoisotopic (exact) mass is 256 g/mol. The molecule has 0 unspecified atom stereocenters. The van der Waals surface area contributed by atoms with Crippen LogP contribution in [0.15, 0.2) is 0 Å². The fourth-order valence-corrected chi connectivity index (χ4v) is 0. The van der Waals surface area contributed by atoms with Gasteiger partial charge in [0.25, 0.3) is 0 Å². The second-order valence-electron chi connectivity index (χ2n) is 0. The van der Waals surface area contributed by atoms with Gasteiger partial charge in [0.1, 0.15) is 0 Å². The SMILES string of the molecule is [Ba+2].[H-].[H-].[H-].[H-].[H-].[H-].[Li+].[Mg+2].[Na+].[Ni]. The molecule has 0 aliphatic carbocycles. The smallest absolute Gasteiger partial charge is 1.00 e. The molecule has 0 amide bonds. The van der Waals surface area contributed by atoms with Crippen molar-refractivity contribution in [2.24, 2.45) is 0 Å². The summed E-state index contributed by atoms with van der Waals surface area (Å²) in [5, 5.41) is 0. The van der Waals surface area contributed by atoms with Gasteiger partial charge in [0, 0.05) is 16.5 Å². The minimum Gasteiger partial charge on any atom is -1.00 e. The van der Waals surface area contributed by atoms with Crippen molar-refractivity contribution in [3.05, 3.63) is 0 Å². The van der Waals surface area contributed by atoms with Crippen LogP contribution in [0, 0.1) is 0 Å². The van der Waals surface area contributed by atoms with Gasteiger partial charge in [-0.25, -0.2) is 0 Å². The topological polar surface area (TPSA) is 0 Å². The second kappa shape index (κ2) is 23.7. The van der Waals surface area contributed by atoms with E-state index in [4.69, 9.17) is 0 Å². The van der Waals surface area contributed by atoms with Crippen LogP contribution in [-0.2, 0) is 16.5 Å². The predicted octanol–water partition coefficient (Wildman–Crippen LogP) is -6.08. The van der Waals surface area contributed by atoms with Crippen LogP contribution in [0.3, 0.4) is 0 Å². The summed E-state index contributed by atoms with van der Waals surface area (Å²) in [6.07, 6.45) is 0. The summed E-state index contributed by atoms with van der Waals surface area (Å²) in [5.41, 5.74) is 0. The van der Waals surface area contributed by atoms with E-state index in [1.165, 1.54) is 0 Å². The molecule has 22 valence electrons. The van der Waals surface area contributed by atoms with E-state index < -0.39 is 0 Å². The van der Waals surface area contributed by atoms with E-state index in [2.05, 4.69) is 0 Å². The zero-order chi connectivity index (χ0) is 0. The van der Waals surface area contributed by atoms with Crippen molar-refractivity contribution >= 4 is 71.9 Å². The second-order valence-corrected chi connectivity index (χ2v) is 0. The predicted molar refractivity (Wildman–Crippen MR) is 18.2 cm³/mol. The largest absolute Gasteiger partial charge is 2.00 e. The van der Waals surface area contributed by atoms with Crippen molar-refractivity contribution in [3.8, 4) is 0 Å². The molecular formula is H6BaLiMgNaNi. The third kappa shape index (κ3) is 17.8. The molecule has 0 aromatic rings. The maximum absolute atomic E-state index is 0. The summed E-state index contributed by atoms with van der Waals surface area (Å²) in [6, 6.07) is 0. The molecule has 0 spiro atoms. The Labute approximate surface area is 142 Å². The first-order chi connectivity index (χ1) is 0. The molecule has 0 radical (unpaired) electrons. The van der Waals surface area contributed by atoms with E-state index in [0.29, 0.717) is 0 Å². The van der Waals surface area contributed by atoms with Crippen molar-refractivity contribution in [2.45, 2.75) is 0 Å². The van der Waals surface area contributed by atoms with E-state index in [1.807, 2.05) is 0 Å². The van der Waals surface area contributed by atoms with Crippen LogP contribution in [0.5, 0.6) is 0 Å². The Bertz CT molecular complexity index is 22.5. The standard InChI is InChI=1S/Ba.Li.Mg.Na.Ni.6H/q+2;+1;+2;+1;;6*-1. The van der Waals surface area contributed by atoms with E-state index in [9.17, 15) is 0 Å². The van der Waals surface area contributed by atoms with Crippen molar-refractivity contribution in [1.29, 1.82) is 0 Å². The summed E-state index contributed by atoms with van der Waals surface area (Å²) < 4.78 is 0. The number of rotatable bonds is 0. The molecule has 0 rings (SSSR count). The van der Waals surface area contributed by atoms with Gasteiger partial charge >= 0.3 is 120 Å². The van der Waals surface area contributed by atoms with Gasteiger partial charge in [0.05, 0.1) is 0 Å². The zero-order valence-corrected chi connectivity index (χ0v) is 12.6. The average molecular weight is 256 g/mol. The summed E-state index contributed by atoms with van der Waals surface area (Å²) in [7, 11) is 0. The Kier molecular flexibility index (Phi) is 162. The molecule has 5 heavy (non-hydrogen) atoms. The molecule has 0 nitrogen and oxygen atoms in total. The van der Waals surface area contributed by atoms with Gasteiger partial charge in [-0.1, -0.05) is 0 Å². The maximum atomic E-state index is 0. The summed E-state index contributed by atoms with van der Waals surface area (Å²) in [4.78, 5) is 0. The Balaban J connectivity index is 0. The van der Waals surface area contributed by atoms with Gasteiger partial charge in [0.2, 0.25) is 0 Å². The van der Waals surface area contributed by atoms with Crippen LogP contribution < -0.4 is 48.4 Å². The third-order valence-corrected chi connectivity index (χ3v) is 0. The summed E-state index contributed by atoms with van der Waals surface area (Å²) in [5.74, 6) is 0. The third-order valence-electron chi connectivity index (χ3n) is 0. The van der Waals surface area contributed by atoms with E-state index in [1.54, 1.807) is 0 Å². The molecule has 0 aliphatic rings. The van der Waals surface area contributed by atoms with E-state index in [0.717, 1.165) is 0 Å². The Morgan fingerprint density at radius 2 is 1.20 bits per heavy atom. The molecule has 0 aromatic heterocycles. The first kappa shape index (κ1) is 34.2. The molecule has 5 heteroatoms. The fraction of sp³-hybridized carbons (Fsp3) is 0. The van der Waals surface area contributed by atoms with Crippen molar-refractivity contribution in [1.82, 2.24) is 0 Å². The van der Waals surface area contributed by atoms with Crippen LogP contribution in [0.4, 0.5) is 0 Å². The molecular weight excluding hydrogens is 250 g/mol. The van der Waals surface area contributed by atoms with Crippen LogP contribution in [0.25, 0.3) is 0 Å². The Morgan fingerprint density at radius 1 is 1.20 bits per heavy atom. The van der Waals surface area contributed by atoms with Crippen molar-refractivity contribution < 1.29 is 73.5 Å². The zero-order valence-electron chi connectivity index (χ0n) is 9.73. The van der Waals surface area contributed by atoms with E-state index >= 15 is 0 Å². The van der Waals surface area contributed by atoms with Gasteiger partial charge in [-0.3, -0.25) is 0 Å². The molecule has 0 atom stereocenters. The van der Waals surface area contributed by atoms with Gasteiger partial charge in [-0.15, -0.1) is 0 Å². The molecule has 0 N–H and O–H groups in total. The fourth-order valence-electron chi connectivity index (χ4n) is 0. The van der Waals surface area contributed by atoms with E-state index in [-0.39, 0.29) is 145 Å². The van der Waals surface area contributed by atoms with Gasteiger partial charge in [-0.05, 0) is 0 Å². The van der Waals surface area contributed by atoms with Gasteiger partial charge in [-0.2, -0.15) is 0 Å². The Hall–Kier alpha value is 4.43. The number of hydrogen-bond donors (Lipinski definition) is 0.